The SMILES string of the molecule is NCCN.Oc1cccc[c]1[Na].P.P. The molecule has 0 saturated heterocycles. The fraction of sp³-hybridized carbons (Fsp3) is 0.250. The van der Waals surface area contributed by atoms with Gasteiger partial charge in [0.15, 0.2) is 0 Å². The smallest absolute Gasteiger partial charge is 0.153 e. The van der Waals surface area contributed by atoms with E-state index in [0.717, 1.165) is 30.7 Å². The van der Waals surface area contributed by atoms with Crippen LogP contribution in [0.25, 0.3) is 0 Å². The van der Waals surface area contributed by atoms with E-state index >= 15 is 0 Å². The molecule has 0 aliphatic rings. The van der Waals surface area contributed by atoms with Gasteiger partial charge in [-0.05, 0) is 0 Å². The van der Waals surface area contributed by atoms with Crippen LogP contribution in [0.5, 0.6) is 5.75 Å². The average molecular weight is 244 g/mol. The minimum Gasteiger partial charge on any atom is -0.153 e. The molecule has 0 aliphatic carbocycles. The van der Waals surface area contributed by atoms with E-state index in [1.54, 1.807) is 6.07 Å². The third-order valence-electron chi connectivity index (χ3n) is 1.28. The van der Waals surface area contributed by atoms with Crippen molar-refractivity contribution in [1.82, 2.24) is 0 Å². The standard InChI is InChI=1S/C6H5O.C2H8N2.Na.2H3P/c7-6-4-2-1-3-5-6;3-1-2-4;;;/h1-4,7H;1-4H2;;2*1H3. The first-order chi connectivity index (χ1) is 5.72. The summed E-state index contributed by atoms with van der Waals surface area (Å²) in [7, 11) is 0. The summed E-state index contributed by atoms with van der Waals surface area (Å²) < 4.78 is 1.06. The van der Waals surface area contributed by atoms with Gasteiger partial charge < -0.3 is 11.5 Å². The van der Waals surface area contributed by atoms with Crippen molar-refractivity contribution in [3.8, 4) is 5.75 Å². The molecule has 1 aromatic rings. The summed E-state index contributed by atoms with van der Waals surface area (Å²) in [6.45, 7) is 1.19. The second-order valence-electron chi connectivity index (χ2n) is 2.36. The number of hydrogen-bond donors (Lipinski definition) is 3. The molecule has 5 N–H and O–H groups in total. The van der Waals surface area contributed by atoms with Gasteiger partial charge in [-0.2, -0.15) is 19.8 Å². The van der Waals surface area contributed by atoms with Gasteiger partial charge in [0, 0.05) is 13.1 Å². The molecular weight excluding hydrogens is 225 g/mol. The number of phenolic OH excluding ortho intramolecular Hbond substituents is 1. The molecule has 0 aromatic heterocycles. The number of para-hydroxylation sites is 1. The van der Waals surface area contributed by atoms with Crippen LogP contribution in [0.3, 0.4) is 0 Å². The number of nitrogens with two attached hydrogens (primary N) is 2. The normalized spacial score (nSPS) is 7.43. The Hall–Kier alpha value is 0.800. The maximum Gasteiger partial charge on any atom is -0.153 e. The Kier molecular flexibility index (Phi) is 20.0. The molecule has 0 fully saturated rings. The van der Waals surface area contributed by atoms with E-state index in [9.17, 15) is 0 Å². The molecule has 1 rings (SSSR count). The summed E-state index contributed by atoms with van der Waals surface area (Å²) in [5.41, 5.74) is 9.81. The van der Waals surface area contributed by atoms with E-state index in [0.29, 0.717) is 18.8 Å². The largest absolute Gasteiger partial charge is 0.153 e. The number of hydrogen-bond acceptors (Lipinski definition) is 3. The fourth-order valence-electron chi connectivity index (χ4n) is 0.563. The summed E-state index contributed by atoms with van der Waals surface area (Å²) in [6.07, 6.45) is 0. The quantitative estimate of drug-likeness (QED) is 0.447. The fourth-order valence-corrected chi connectivity index (χ4v) is 0.923. The van der Waals surface area contributed by atoms with E-state index in [-0.39, 0.29) is 19.8 Å². The summed E-state index contributed by atoms with van der Waals surface area (Å²) in [5.74, 6) is 0.430. The van der Waals surface area contributed by atoms with Crippen LogP contribution in [0.1, 0.15) is 0 Å². The predicted molar refractivity (Wildman–Crippen MR) is 73.8 cm³/mol. The Morgan fingerprint density at radius 1 is 1.07 bits per heavy atom. The molecule has 0 heterocycles. The molecule has 78 valence electrons. The van der Waals surface area contributed by atoms with Crippen LogP contribution in [-0.2, 0) is 0 Å². The minimum absolute atomic E-state index is 0. The van der Waals surface area contributed by atoms with Crippen LogP contribution in [0.2, 0.25) is 0 Å². The van der Waals surface area contributed by atoms with Crippen molar-refractivity contribution >= 4 is 50.5 Å². The van der Waals surface area contributed by atoms with Crippen molar-refractivity contribution < 1.29 is 5.11 Å². The molecule has 0 bridgehead atoms. The van der Waals surface area contributed by atoms with Gasteiger partial charge >= 0.3 is 65.9 Å². The topological polar surface area (TPSA) is 72.3 Å². The van der Waals surface area contributed by atoms with Gasteiger partial charge in [0.1, 0.15) is 0 Å². The van der Waals surface area contributed by atoms with Gasteiger partial charge in [0.25, 0.3) is 0 Å². The van der Waals surface area contributed by atoms with Gasteiger partial charge in [0.2, 0.25) is 0 Å². The molecule has 0 radical (unpaired) electrons. The molecule has 3 nitrogen and oxygen atoms in total. The first-order valence-electron chi connectivity index (χ1n) is 3.87. The molecule has 0 spiro atoms. The Morgan fingerprint density at radius 2 is 1.50 bits per heavy atom. The molecule has 0 saturated carbocycles. The zero-order valence-electron chi connectivity index (χ0n) is 8.74. The number of rotatable bonds is 1. The predicted octanol–water partition coefficient (Wildman–Crippen LogP) is -0.794. The molecule has 6 heteroatoms. The van der Waals surface area contributed by atoms with Crippen LogP contribution in [0.4, 0.5) is 0 Å². The van der Waals surface area contributed by atoms with E-state index in [2.05, 4.69) is 0 Å². The molecule has 2 unspecified atom stereocenters. The van der Waals surface area contributed by atoms with Crippen LogP contribution >= 0.6 is 19.8 Å². The van der Waals surface area contributed by atoms with Crippen molar-refractivity contribution in [1.29, 1.82) is 0 Å². The maximum absolute atomic E-state index is 8.95. The van der Waals surface area contributed by atoms with Gasteiger partial charge in [-0.25, -0.2) is 0 Å². The van der Waals surface area contributed by atoms with Gasteiger partial charge in [-0.15, -0.1) is 0 Å². The van der Waals surface area contributed by atoms with Crippen molar-refractivity contribution in [2.24, 2.45) is 11.5 Å². The molecular formula is C8H19N2NaOP2. The first kappa shape index (κ1) is 20.2. The van der Waals surface area contributed by atoms with Crippen molar-refractivity contribution in [2.45, 2.75) is 0 Å². The van der Waals surface area contributed by atoms with Crippen LogP contribution in [0, 0.1) is 0 Å². The molecule has 1 aromatic carbocycles. The molecule has 14 heavy (non-hydrogen) atoms. The van der Waals surface area contributed by atoms with Gasteiger partial charge in [-0.3, -0.25) is 0 Å². The summed E-state index contributed by atoms with van der Waals surface area (Å²) in [6, 6.07) is 7.41. The number of benzene rings is 1. The molecule has 0 aliphatic heterocycles. The van der Waals surface area contributed by atoms with Gasteiger partial charge in [0.05, 0.1) is 0 Å². The van der Waals surface area contributed by atoms with E-state index in [1.165, 1.54) is 0 Å². The zero-order valence-corrected chi connectivity index (χ0v) is 13.6. The van der Waals surface area contributed by atoms with Crippen molar-refractivity contribution in [2.75, 3.05) is 13.1 Å². The van der Waals surface area contributed by atoms with Crippen LogP contribution in [-0.4, -0.2) is 46.1 Å². The van der Waals surface area contributed by atoms with Gasteiger partial charge in [-0.1, -0.05) is 0 Å². The number of phenols is 1. The van der Waals surface area contributed by atoms with Crippen molar-refractivity contribution in [3.05, 3.63) is 24.3 Å². The molecule has 0 amide bonds. The molecule has 2 atom stereocenters. The van der Waals surface area contributed by atoms with E-state index in [4.69, 9.17) is 16.6 Å². The summed E-state index contributed by atoms with van der Waals surface area (Å²) in [5, 5.41) is 8.95. The van der Waals surface area contributed by atoms with Crippen LogP contribution < -0.4 is 14.3 Å². The van der Waals surface area contributed by atoms with Crippen molar-refractivity contribution in [3.63, 3.8) is 0 Å². The van der Waals surface area contributed by atoms with E-state index in [1.807, 2.05) is 18.2 Å². The monoisotopic (exact) mass is 244 g/mol. The summed E-state index contributed by atoms with van der Waals surface area (Å²) >= 11 is 0.926. The third kappa shape index (κ3) is 10.9. The average Bonchev–Trinajstić information content (AvgIpc) is 2.11. The van der Waals surface area contributed by atoms with Crippen LogP contribution in [0.15, 0.2) is 24.3 Å². The first-order valence-corrected chi connectivity index (χ1v) is 4.87. The zero-order chi connectivity index (χ0) is 9.40. The van der Waals surface area contributed by atoms with E-state index < -0.39 is 0 Å². The second-order valence-corrected chi connectivity index (χ2v) is 3.44. The minimum atomic E-state index is 0. The Labute approximate surface area is 110 Å². The summed E-state index contributed by atoms with van der Waals surface area (Å²) in [4.78, 5) is 0. The maximum atomic E-state index is 8.95. The second kappa shape index (κ2) is 13.8. The Bertz CT molecular complexity index is 203. The third-order valence-corrected chi connectivity index (χ3v) is 2.13. The number of aromatic hydroxyl groups is 1. The Balaban J connectivity index is -0.000000180. The Morgan fingerprint density at radius 3 is 1.71 bits per heavy atom.